The Kier molecular flexibility index (Phi) is 4.28. The number of isocyanates is 1. The van der Waals surface area contributed by atoms with Crippen molar-refractivity contribution in [3.8, 4) is 11.5 Å². The van der Waals surface area contributed by atoms with Crippen LogP contribution >= 0.6 is 15.9 Å². The molecule has 1 aromatic carbocycles. The second-order valence-electron chi connectivity index (χ2n) is 2.80. The molecule has 0 aromatic heterocycles. The maximum Gasteiger partial charge on any atom is 0.293 e. The molecule has 0 unspecified atom stereocenters. The molecule has 0 atom stereocenters. The average molecular weight is 322 g/mol. The van der Waals surface area contributed by atoms with Gasteiger partial charge in [0.05, 0.1) is 14.2 Å². The Hall–Kier alpha value is -1.37. The molecule has 0 heterocycles. The van der Waals surface area contributed by atoms with Crippen LogP contribution in [0.25, 0.3) is 0 Å². The highest BCUT2D eigenvalue weighted by Gasteiger charge is 2.20. The highest BCUT2D eigenvalue weighted by atomic mass is 79.9. The molecule has 0 bridgehead atoms. The van der Waals surface area contributed by atoms with Crippen LogP contribution < -0.4 is 9.47 Å². The van der Waals surface area contributed by atoms with Gasteiger partial charge in [-0.2, -0.15) is 8.42 Å². The third kappa shape index (κ3) is 2.85. The SMILES string of the molecule is COc1cc(Br)c(S(=O)(=O)N=C=O)cc1OC. The average Bonchev–Trinajstić information content (AvgIpc) is 2.28. The van der Waals surface area contributed by atoms with Crippen molar-refractivity contribution in [2.24, 2.45) is 4.40 Å². The van der Waals surface area contributed by atoms with E-state index < -0.39 is 10.0 Å². The zero-order chi connectivity index (χ0) is 13.1. The number of halogens is 1. The number of rotatable bonds is 4. The van der Waals surface area contributed by atoms with Gasteiger partial charge in [-0.05, 0) is 22.0 Å². The van der Waals surface area contributed by atoms with Gasteiger partial charge in [-0.1, -0.05) is 4.40 Å². The van der Waals surface area contributed by atoms with E-state index in [2.05, 4.69) is 20.3 Å². The van der Waals surface area contributed by atoms with Crippen LogP contribution in [-0.2, 0) is 14.8 Å². The molecule has 17 heavy (non-hydrogen) atoms. The van der Waals surface area contributed by atoms with E-state index in [9.17, 15) is 13.2 Å². The Morgan fingerprint density at radius 1 is 1.24 bits per heavy atom. The van der Waals surface area contributed by atoms with Gasteiger partial charge in [0, 0.05) is 10.5 Å². The van der Waals surface area contributed by atoms with Crippen LogP contribution in [0.15, 0.2) is 25.9 Å². The van der Waals surface area contributed by atoms with E-state index >= 15 is 0 Å². The van der Waals surface area contributed by atoms with Crippen molar-refractivity contribution in [1.29, 1.82) is 0 Å². The Morgan fingerprint density at radius 3 is 2.24 bits per heavy atom. The number of ether oxygens (including phenoxy) is 2. The Bertz CT molecular complexity index is 577. The Balaban J connectivity index is 3.52. The molecule has 0 aliphatic rings. The summed E-state index contributed by atoms with van der Waals surface area (Å²) in [7, 11) is -1.29. The van der Waals surface area contributed by atoms with Crippen LogP contribution in [0.2, 0.25) is 0 Å². The topological polar surface area (TPSA) is 82.0 Å². The first-order valence-corrected chi connectivity index (χ1v) is 6.45. The summed E-state index contributed by atoms with van der Waals surface area (Å²) in [5.41, 5.74) is 0. The van der Waals surface area contributed by atoms with Crippen LogP contribution in [0.5, 0.6) is 11.5 Å². The lowest BCUT2D eigenvalue weighted by atomic mass is 10.3. The number of hydrogen-bond donors (Lipinski definition) is 0. The second kappa shape index (κ2) is 5.31. The predicted molar refractivity (Wildman–Crippen MR) is 62.6 cm³/mol. The lowest BCUT2D eigenvalue weighted by molar-refractivity contribution is 0.353. The summed E-state index contributed by atoms with van der Waals surface area (Å²) in [6.45, 7) is 0. The zero-order valence-corrected chi connectivity index (χ0v) is 11.3. The van der Waals surface area contributed by atoms with Crippen LogP contribution in [-0.4, -0.2) is 28.7 Å². The van der Waals surface area contributed by atoms with Crippen molar-refractivity contribution < 1.29 is 22.7 Å². The summed E-state index contributed by atoms with van der Waals surface area (Å²) in [4.78, 5) is 9.84. The van der Waals surface area contributed by atoms with Crippen molar-refractivity contribution >= 4 is 32.0 Å². The van der Waals surface area contributed by atoms with Gasteiger partial charge in [0.2, 0.25) is 0 Å². The molecule has 0 spiro atoms. The standard InChI is InChI=1S/C9H8BrNO5S/c1-15-7-3-6(10)9(4-8(7)16-2)17(13,14)11-5-12/h3-4H,1-2H3. The highest BCUT2D eigenvalue weighted by Crippen LogP contribution is 2.35. The lowest BCUT2D eigenvalue weighted by Crippen LogP contribution is -2.00. The summed E-state index contributed by atoms with van der Waals surface area (Å²) in [6, 6.07) is 2.62. The number of sulfonamides is 1. The van der Waals surface area contributed by atoms with Crippen LogP contribution in [0.4, 0.5) is 0 Å². The maximum atomic E-state index is 11.6. The summed E-state index contributed by atoms with van der Waals surface area (Å²) in [6.07, 6.45) is 0.994. The fraction of sp³-hybridized carbons (Fsp3) is 0.222. The molecular formula is C9H8BrNO5S. The van der Waals surface area contributed by atoms with E-state index in [-0.39, 0.29) is 15.1 Å². The Labute approximate surface area is 106 Å². The fourth-order valence-electron chi connectivity index (χ4n) is 1.13. The molecule has 0 saturated heterocycles. The Morgan fingerprint density at radius 2 is 1.76 bits per heavy atom. The third-order valence-corrected chi connectivity index (χ3v) is 4.00. The molecule has 0 aliphatic heterocycles. The third-order valence-electron chi connectivity index (χ3n) is 1.87. The minimum atomic E-state index is -4.08. The number of carbonyl (C=O) groups excluding carboxylic acids is 1. The molecule has 0 amide bonds. The minimum Gasteiger partial charge on any atom is -0.493 e. The van der Waals surface area contributed by atoms with E-state index in [0.29, 0.717) is 5.75 Å². The van der Waals surface area contributed by atoms with Crippen LogP contribution in [0, 0.1) is 0 Å². The van der Waals surface area contributed by atoms with E-state index in [4.69, 9.17) is 9.47 Å². The fourth-order valence-corrected chi connectivity index (χ4v) is 2.83. The summed E-state index contributed by atoms with van der Waals surface area (Å²) in [5, 5.41) is 0. The first-order chi connectivity index (χ1) is 7.96. The molecule has 6 nitrogen and oxygen atoms in total. The van der Waals surface area contributed by atoms with Crippen LogP contribution in [0.1, 0.15) is 0 Å². The van der Waals surface area contributed by atoms with Crippen molar-refractivity contribution in [2.75, 3.05) is 14.2 Å². The van der Waals surface area contributed by atoms with Gasteiger partial charge in [0.25, 0.3) is 16.1 Å². The molecule has 1 aromatic rings. The number of nitrogens with zero attached hydrogens (tertiary/aromatic N) is 1. The lowest BCUT2D eigenvalue weighted by Gasteiger charge is -2.10. The molecule has 0 radical (unpaired) electrons. The van der Waals surface area contributed by atoms with Crippen molar-refractivity contribution in [2.45, 2.75) is 4.90 Å². The number of hydrogen-bond acceptors (Lipinski definition) is 5. The van der Waals surface area contributed by atoms with Gasteiger partial charge in [0.15, 0.2) is 11.5 Å². The summed E-state index contributed by atoms with van der Waals surface area (Å²) in [5.74, 6) is 0.573. The molecular weight excluding hydrogens is 314 g/mol. The van der Waals surface area contributed by atoms with E-state index in [1.54, 1.807) is 0 Å². The van der Waals surface area contributed by atoms with Gasteiger partial charge in [-0.15, -0.1) is 0 Å². The van der Waals surface area contributed by atoms with Crippen molar-refractivity contribution in [1.82, 2.24) is 0 Å². The van der Waals surface area contributed by atoms with Crippen molar-refractivity contribution in [3.05, 3.63) is 16.6 Å². The van der Waals surface area contributed by atoms with E-state index in [1.165, 1.54) is 26.4 Å². The molecule has 92 valence electrons. The molecule has 8 heteroatoms. The van der Waals surface area contributed by atoms with Gasteiger partial charge < -0.3 is 9.47 Å². The van der Waals surface area contributed by atoms with Gasteiger partial charge in [-0.3, -0.25) is 0 Å². The normalized spacial score (nSPS) is 10.5. The molecule has 0 aliphatic carbocycles. The molecule has 1 rings (SSSR count). The van der Waals surface area contributed by atoms with Gasteiger partial charge >= 0.3 is 0 Å². The number of methoxy groups -OCH3 is 2. The second-order valence-corrected chi connectivity index (χ2v) is 5.22. The van der Waals surface area contributed by atoms with Gasteiger partial charge in [-0.25, -0.2) is 4.79 Å². The monoisotopic (exact) mass is 321 g/mol. The first kappa shape index (κ1) is 13.7. The summed E-state index contributed by atoms with van der Waals surface area (Å²) < 4.78 is 36.0. The van der Waals surface area contributed by atoms with E-state index in [0.717, 1.165) is 6.08 Å². The molecule has 0 fully saturated rings. The number of benzene rings is 1. The van der Waals surface area contributed by atoms with Gasteiger partial charge in [0.1, 0.15) is 4.90 Å². The molecule has 0 saturated carbocycles. The van der Waals surface area contributed by atoms with E-state index in [1.807, 2.05) is 0 Å². The first-order valence-electron chi connectivity index (χ1n) is 4.22. The van der Waals surface area contributed by atoms with Crippen molar-refractivity contribution in [3.63, 3.8) is 0 Å². The smallest absolute Gasteiger partial charge is 0.293 e. The highest BCUT2D eigenvalue weighted by molar-refractivity contribution is 9.10. The summed E-state index contributed by atoms with van der Waals surface area (Å²) >= 11 is 3.05. The molecule has 0 N–H and O–H groups in total. The zero-order valence-electron chi connectivity index (χ0n) is 8.93. The van der Waals surface area contributed by atoms with Crippen LogP contribution in [0.3, 0.4) is 0 Å². The maximum absolute atomic E-state index is 11.6. The predicted octanol–water partition coefficient (Wildman–Crippen LogP) is 1.49. The minimum absolute atomic E-state index is 0.196. The quantitative estimate of drug-likeness (QED) is 0.620. The largest absolute Gasteiger partial charge is 0.493 e.